The van der Waals surface area contributed by atoms with Crippen LogP contribution in [0.1, 0.15) is 34.1 Å². The third-order valence-corrected chi connectivity index (χ3v) is 3.14. The lowest BCUT2D eigenvalue weighted by Gasteiger charge is -2.30. The van der Waals surface area contributed by atoms with E-state index in [1.54, 1.807) is 27.9 Å². The van der Waals surface area contributed by atoms with Gasteiger partial charge in [-0.1, -0.05) is 6.92 Å². The van der Waals surface area contributed by atoms with Crippen LogP contribution in [0.15, 0.2) is 0 Å². The third kappa shape index (κ3) is 3.98. The number of ether oxygens (including phenoxy) is 3. The van der Waals surface area contributed by atoms with Crippen LogP contribution in [-0.4, -0.2) is 38.9 Å². The van der Waals surface area contributed by atoms with Crippen molar-refractivity contribution in [2.45, 2.75) is 34.1 Å². The minimum absolute atomic E-state index is 0.212. The van der Waals surface area contributed by atoms with E-state index in [9.17, 15) is 9.59 Å². The Bertz CT molecular complexity index is 257. The highest BCUT2D eigenvalue weighted by atomic mass is 16.6. The Labute approximate surface area is 109 Å². The second kappa shape index (κ2) is 8.08. The smallest absolute Gasteiger partial charge is 0.323 e. The lowest BCUT2D eigenvalue weighted by atomic mass is 9.76. The Hall–Kier alpha value is -1.10. The van der Waals surface area contributed by atoms with Gasteiger partial charge in [0.15, 0.2) is 5.41 Å². The summed E-state index contributed by atoms with van der Waals surface area (Å²) < 4.78 is 15.0. The van der Waals surface area contributed by atoms with Crippen LogP contribution in [-0.2, 0) is 23.8 Å². The number of hydrogen-bond donors (Lipinski definition) is 0. The quantitative estimate of drug-likeness (QED) is 0.492. The monoisotopic (exact) mass is 260 g/mol. The standard InChI is InChI=1S/C13H24O5/c1-6-17-11(14)13(4,12(15)18-7-2)10(3)8-9-16-5/h10H,6-9H2,1-5H3. The van der Waals surface area contributed by atoms with E-state index in [2.05, 4.69) is 0 Å². The van der Waals surface area contributed by atoms with E-state index in [-0.39, 0.29) is 19.1 Å². The molecule has 0 bridgehead atoms. The zero-order valence-electron chi connectivity index (χ0n) is 11.9. The van der Waals surface area contributed by atoms with Crippen LogP contribution in [0.3, 0.4) is 0 Å². The largest absolute Gasteiger partial charge is 0.465 e. The minimum atomic E-state index is -1.27. The molecule has 0 radical (unpaired) electrons. The summed E-state index contributed by atoms with van der Waals surface area (Å²) in [5.41, 5.74) is -1.27. The number of esters is 2. The number of hydrogen-bond acceptors (Lipinski definition) is 5. The van der Waals surface area contributed by atoms with Crippen molar-refractivity contribution in [1.29, 1.82) is 0 Å². The highest BCUT2D eigenvalue weighted by Gasteiger charge is 2.48. The summed E-state index contributed by atoms with van der Waals surface area (Å²) in [7, 11) is 1.58. The van der Waals surface area contributed by atoms with Gasteiger partial charge in [0.05, 0.1) is 13.2 Å². The summed E-state index contributed by atoms with van der Waals surface area (Å²) in [6.07, 6.45) is 0.588. The van der Waals surface area contributed by atoms with Gasteiger partial charge in [-0.05, 0) is 33.1 Å². The average molecular weight is 260 g/mol. The minimum Gasteiger partial charge on any atom is -0.465 e. The van der Waals surface area contributed by atoms with Gasteiger partial charge in [-0.15, -0.1) is 0 Å². The van der Waals surface area contributed by atoms with Crippen molar-refractivity contribution in [1.82, 2.24) is 0 Å². The predicted octanol–water partition coefficient (Wildman–Crippen LogP) is 1.79. The Morgan fingerprint density at radius 3 is 1.89 bits per heavy atom. The third-order valence-electron chi connectivity index (χ3n) is 3.14. The summed E-state index contributed by atoms with van der Waals surface area (Å²) in [6, 6.07) is 0. The Morgan fingerprint density at radius 2 is 1.56 bits per heavy atom. The number of carbonyl (C=O) groups excluding carboxylic acids is 2. The molecule has 5 heteroatoms. The van der Waals surface area contributed by atoms with Crippen molar-refractivity contribution in [3.63, 3.8) is 0 Å². The second-order valence-electron chi connectivity index (χ2n) is 4.33. The van der Waals surface area contributed by atoms with Gasteiger partial charge in [-0.3, -0.25) is 9.59 Å². The Kier molecular flexibility index (Phi) is 7.59. The first kappa shape index (κ1) is 16.9. The average Bonchev–Trinajstić information content (AvgIpc) is 2.35. The molecule has 0 saturated heterocycles. The van der Waals surface area contributed by atoms with Gasteiger partial charge in [-0.25, -0.2) is 0 Å². The van der Waals surface area contributed by atoms with Crippen molar-refractivity contribution in [2.75, 3.05) is 26.9 Å². The van der Waals surface area contributed by atoms with Crippen LogP contribution in [0.4, 0.5) is 0 Å². The van der Waals surface area contributed by atoms with Gasteiger partial charge in [0.2, 0.25) is 0 Å². The molecule has 0 amide bonds. The van der Waals surface area contributed by atoms with Crippen molar-refractivity contribution < 1.29 is 23.8 Å². The molecule has 0 aliphatic heterocycles. The van der Waals surface area contributed by atoms with E-state index in [1.165, 1.54) is 0 Å². The first-order chi connectivity index (χ1) is 8.44. The van der Waals surface area contributed by atoms with Gasteiger partial charge in [0.1, 0.15) is 0 Å². The lowest BCUT2D eigenvalue weighted by Crippen LogP contribution is -2.45. The lowest BCUT2D eigenvalue weighted by molar-refractivity contribution is -0.175. The number of carbonyl (C=O) groups is 2. The molecule has 0 saturated carbocycles. The molecule has 0 fully saturated rings. The van der Waals surface area contributed by atoms with Crippen molar-refractivity contribution in [2.24, 2.45) is 11.3 Å². The molecule has 1 unspecified atom stereocenters. The molecule has 0 heterocycles. The first-order valence-corrected chi connectivity index (χ1v) is 6.28. The molecule has 0 aromatic heterocycles. The molecule has 106 valence electrons. The van der Waals surface area contributed by atoms with Gasteiger partial charge >= 0.3 is 11.9 Å². The van der Waals surface area contributed by atoms with Crippen molar-refractivity contribution in [3.05, 3.63) is 0 Å². The first-order valence-electron chi connectivity index (χ1n) is 6.28. The molecule has 0 aromatic rings. The van der Waals surface area contributed by atoms with Gasteiger partial charge in [0.25, 0.3) is 0 Å². The van der Waals surface area contributed by atoms with Gasteiger partial charge in [0, 0.05) is 13.7 Å². The van der Waals surface area contributed by atoms with E-state index in [0.29, 0.717) is 13.0 Å². The zero-order valence-corrected chi connectivity index (χ0v) is 11.9. The molecule has 5 nitrogen and oxygen atoms in total. The van der Waals surface area contributed by atoms with Crippen LogP contribution >= 0.6 is 0 Å². The molecular weight excluding hydrogens is 236 g/mol. The Morgan fingerprint density at radius 1 is 1.11 bits per heavy atom. The zero-order chi connectivity index (χ0) is 14.2. The van der Waals surface area contributed by atoms with E-state index >= 15 is 0 Å². The second-order valence-corrected chi connectivity index (χ2v) is 4.33. The van der Waals surface area contributed by atoms with Crippen LogP contribution in [0.5, 0.6) is 0 Å². The van der Waals surface area contributed by atoms with Crippen molar-refractivity contribution >= 4 is 11.9 Å². The van der Waals surface area contributed by atoms with Crippen LogP contribution in [0.25, 0.3) is 0 Å². The predicted molar refractivity (Wildman–Crippen MR) is 67.0 cm³/mol. The number of methoxy groups -OCH3 is 1. The van der Waals surface area contributed by atoms with Crippen LogP contribution < -0.4 is 0 Å². The van der Waals surface area contributed by atoms with Gasteiger partial charge < -0.3 is 14.2 Å². The van der Waals surface area contributed by atoms with E-state index in [1.807, 2.05) is 6.92 Å². The summed E-state index contributed by atoms with van der Waals surface area (Å²) in [6.45, 7) is 7.79. The fourth-order valence-electron chi connectivity index (χ4n) is 1.63. The fraction of sp³-hybridized carbons (Fsp3) is 0.846. The SMILES string of the molecule is CCOC(=O)C(C)(C(=O)OCC)C(C)CCOC. The number of rotatable bonds is 8. The molecule has 18 heavy (non-hydrogen) atoms. The highest BCUT2D eigenvalue weighted by molar-refractivity contribution is 5.99. The van der Waals surface area contributed by atoms with E-state index in [4.69, 9.17) is 14.2 Å². The molecule has 0 aliphatic carbocycles. The summed E-state index contributed by atoms with van der Waals surface area (Å²) in [5.74, 6) is -1.28. The van der Waals surface area contributed by atoms with Gasteiger partial charge in [-0.2, -0.15) is 0 Å². The molecule has 0 N–H and O–H groups in total. The topological polar surface area (TPSA) is 61.8 Å². The Balaban J connectivity index is 5.00. The normalized spacial score (nSPS) is 12.9. The summed E-state index contributed by atoms with van der Waals surface area (Å²) in [5, 5.41) is 0. The van der Waals surface area contributed by atoms with Crippen LogP contribution in [0, 0.1) is 11.3 Å². The molecule has 1 atom stereocenters. The van der Waals surface area contributed by atoms with Crippen LogP contribution in [0.2, 0.25) is 0 Å². The van der Waals surface area contributed by atoms with E-state index < -0.39 is 17.4 Å². The summed E-state index contributed by atoms with van der Waals surface area (Å²) in [4.78, 5) is 24.0. The maximum atomic E-state index is 12.0. The van der Waals surface area contributed by atoms with E-state index in [0.717, 1.165) is 0 Å². The highest BCUT2D eigenvalue weighted by Crippen LogP contribution is 2.33. The molecule has 0 spiro atoms. The molecule has 0 rings (SSSR count). The fourth-order valence-corrected chi connectivity index (χ4v) is 1.63. The molecule has 0 aromatic carbocycles. The summed E-state index contributed by atoms with van der Waals surface area (Å²) >= 11 is 0. The maximum absolute atomic E-state index is 12.0. The molecule has 0 aliphatic rings. The molecular formula is C13H24O5. The van der Waals surface area contributed by atoms with Crippen molar-refractivity contribution in [3.8, 4) is 0 Å². The maximum Gasteiger partial charge on any atom is 0.323 e.